The monoisotopic (exact) mass is 474 g/mol. The fraction of sp³-hybridized carbons (Fsp3) is 0.0909. The van der Waals surface area contributed by atoms with E-state index in [1.54, 1.807) is 12.4 Å². The number of aromatic amines is 2. The van der Waals surface area contributed by atoms with Gasteiger partial charge in [0.1, 0.15) is 0 Å². The lowest BCUT2D eigenvalue weighted by Crippen LogP contribution is -2.14. The van der Waals surface area contributed by atoms with Gasteiger partial charge in [-0.1, -0.05) is 36.4 Å². The van der Waals surface area contributed by atoms with Gasteiger partial charge in [0.2, 0.25) is 5.78 Å². The van der Waals surface area contributed by atoms with E-state index in [2.05, 4.69) is 9.97 Å². The highest BCUT2D eigenvalue weighted by molar-refractivity contribution is 6.33. The Labute approximate surface area is 191 Å². The molecule has 0 amide bonds. The van der Waals surface area contributed by atoms with Crippen LogP contribution in [-0.4, -0.2) is 60.0 Å². The summed E-state index contributed by atoms with van der Waals surface area (Å²) in [4.78, 5) is 54.2. The van der Waals surface area contributed by atoms with E-state index >= 15 is 0 Å². The number of aliphatic carboxylic acids is 2. The Bertz CT molecular complexity index is 1250. The molecule has 34 heavy (non-hydrogen) atoms. The molecular weight excluding hydrogens is 452 g/mol. The Morgan fingerprint density at radius 1 is 0.735 bits per heavy atom. The van der Waals surface area contributed by atoms with Gasteiger partial charge in [0.05, 0.1) is 6.42 Å². The molecule has 0 aliphatic carbocycles. The molecule has 0 atom stereocenters. The van der Waals surface area contributed by atoms with Gasteiger partial charge in [-0.25, -0.2) is 4.79 Å². The normalized spacial score (nSPS) is 9.00. The van der Waals surface area contributed by atoms with E-state index in [1.165, 1.54) is 0 Å². The van der Waals surface area contributed by atoms with Crippen LogP contribution >= 0.6 is 0 Å². The first-order chi connectivity index (χ1) is 15.9. The van der Waals surface area contributed by atoms with Crippen LogP contribution in [0.5, 0.6) is 0 Å². The van der Waals surface area contributed by atoms with Crippen molar-refractivity contribution in [3.05, 3.63) is 72.1 Å². The second-order valence-corrected chi connectivity index (χ2v) is 6.28. The second kappa shape index (κ2) is 15.2. The number of aromatic nitrogens is 2. The predicted octanol–water partition coefficient (Wildman–Crippen LogP) is 1.77. The average Bonchev–Trinajstić information content (AvgIpc) is 3.40. The maximum atomic E-state index is 11.0. The first-order valence-corrected chi connectivity index (χ1v) is 9.14. The zero-order chi connectivity index (χ0) is 24.8. The molecular formula is C22H22N2O10. The highest BCUT2D eigenvalue weighted by atomic mass is 17.0. The van der Waals surface area contributed by atoms with Crippen LogP contribution in [0.2, 0.25) is 0 Å². The number of carbonyl (C=O) groups is 3. The SMILES string of the molecule is O.O=C(O)C(=O)Cc1c[nH]c2ccccc12.O=C(O)Cc1c[nH]c2ccccc12.O=C=O.OO. The molecule has 0 saturated carbocycles. The van der Waals surface area contributed by atoms with Crippen LogP contribution in [0.1, 0.15) is 11.1 Å². The van der Waals surface area contributed by atoms with Gasteiger partial charge in [-0.15, -0.1) is 0 Å². The summed E-state index contributed by atoms with van der Waals surface area (Å²) in [7, 11) is 0. The maximum absolute atomic E-state index is 11.0. The Kier molecular flexibility index (Phi) is 13.2. The lowest BCUT2D eigenvalue weighted by Gasteiger charge is -1.94. The van der Waals surface area contributed by atoms with E-state index < -0.39 is 17.7 Å². The van der Waals surface area contributed by atoms with Crippen molar-refractivity contribution in [2.24, 2.45) is 0 Å². The third-order valence-corrected chi connectivity index (χ3v) is 4.28. The first-order valence-electron chi connectivity index (χ1n) is 9.14. The third kappa shape index (κ3) is 8.49. The summed E-state index contributed by atoms with van der Waals surface area (Å²) in [6, 6.07) is 15.1. The Morgan fingerprint density at radius 3 is 1.50 bits per heavy atom. The van der Waals surface area contributed by atoms with Crippen molar-refractivity contribution in [2.75, 3.05) is 0 Å². The Hall–Kier alpha value is -4.61. The van der Waals surface area contributed by atoms with Crippen molar-refractivity contribution in [1.29, 1.82) is 0 Å². The zero-order valence-corrected chi connectivity index (χ0v) is 17.5. The number of hydrogen-bond donors (Lipinski definition) is 6. The predicted molar refractivity (Wildman–Crippen MR) is 118 cm³/mol. The van der Waals surface area contributed by atoms with Crippen molar-refractivity contribution in [1.82, 2.24) is 9.97 Å². The smallest absolute Gasteiger partial charge is 0.373 e. The number of H-pyrrole nitrogens is 2. The quantitative estimate of drug-likeness (QED) is 0.140. The molecule has 0 aliphatic heterocycles. The van der Waals surface area contributed by atoms with E-state index in [9.17, 15) is 14.4 Å². The Balaban J connectivity index is 0.000000529. The summed E-state index contributed by atoms with van der Waals surface area (Å²) >= 11 is 0. The van der Waals surface area contributed by atoms with Gasteiger partial charge >= 0.3 is 18.1 Å². The van der Waals surface area contributed by atoms with Crippen molar-refractivity contribution in [2.45, 2.75) is 12.8 Å². The van der Waals surface area contributed by atoms with Crippen molar-refractivity contribution >= 4 is 45.7 Å². The molecule has 0 saturated heterocycles. The maximum Gasteiger partial charge on any atom is 0.373 e. The number of carboxylic acid groups (broad SMARTS) is 2. The van der Waals surface area contributed by atoms with Gasteiger partial charge in [0.25, 0.3) is 0 Å². The molecule has 12 nitrogen and oxygen atoms in total. The number of fused-ring (bicyclic) bond motifs is 2. The molecule has 0 bridgehead atoms. The number of benzene rings is 2. The minimum absolute atomic E-state index is 0. The van der Waals surface area contributed by atoms with Crippen molar-refractivity contribution in [3.63, 3.8) is 0 Å². The number of hydrogen-bond acceptors (Lipinski definition) is 7. The van der Waals surface area contributed by atoms with Crippen LogP contribution in [0.25, 0.3) is 21.8 Å². The summed E-state index contributed by atoms with van der Waals surface area (Å²) in [5, 5.41) is 31.0. The van der Waals surface area contributed by atoms with E-state index in [0.717, 1.165) is 32.9 Å². The molecule has 0 spiro atoms. The minimum atomic E-state index is -1.39. The van der Waals surface area contributed by atoms with Crippen LogP contribution in [0.3, 0.4) is 0 Å². The lowest BCUT2D eigenvalue weighted by molar-refractivity contribution is -0.191. The Morgan fingerprint density at radius 2 is 1.12 bits per heavy atom. The molecule has 0 radical (unpaired) electrons. The average molecular weight is 474 g/mol. The number of ketones is 1. The van der Waals surface area contributed by atoms with Crippen molar-refractivity contribution < 1.29 is 50.2 Å². The fourth-order valence-corrected chi connectivity index (χ4v) is 2.97. The molecule has 0 unspecified atom stereocenters. The second-order valence-electron chi connectivity index (χ2n) is 6.28. The number of carboxylic acids is 2. The molecule has 4 aromatic rings. The van der Waals surface area contributed by atoms with Crippen LogP contribution in [-0.2, 0) is 36.8 Å². The van der Waals surface area contributed by atoms with Gasteiger partial charge in [0, 0.05) is 40.6 Å². The molecule has 8 N–H and O–H groups in total. The molecule has 0 fully saturated rings. The first kappa shape index (κ1) is 29.4. The van der Waals surface area contributed by atoms with E-state index in [1.807, 2.05) is 48.5 Å². The summed E-state index contributed by atoms with van der Waals surface area (Å²) in [6.45, 7) is 0. The summed E-state index contributed by atoms with van der Waals surface area (Å²) in [5.74, 6) is -2.98. The molecule has 2 aromatic carbocycles. The van der Waals surface area contributed by atoms with E-state index in [-0.39, 0.29) is 24.5 Å². The molecule has 2 heterocycles. The largest absolute Gasteiger partial charge is 0.481 e. The zero-order valence-electron chi connectivity index (χ0n) is 17.5. The number of Topliss-reactive ketones (excluding diaryl/α,β-unsaturated/α-hetero) is 1. The van der Waals surface area contributed by atoms with Gasteiger partial charge in [-0.2, -0.15) is 9.59 Å². The van der Waals surface area contributed by atoms with Crippen LogP contribution in [0.15, 0.2) is 60.9 Å². The van der Waals surface area contributed by atoms with Gasteiger partial charge < -0.3 is 25.7 Å². The highest BCUT2D eigenvalue weighted by Gasteiger charge is 2.14. The summed E-state index contributed by atoms with van der Waals surface area (Å²) in [6.07, 6.45) is 3.67. The third-order valence-electron chi connectivity index (χ3n) is 4.28. The van der Waals surface area contributed by atoms with Crippen LogP contribution in [0.4, 0.5) is 0 Å². The molecule has 180 valence electrons. The molecule has 0 aliphatic rings. The van der Waals surface area contributed by atoms with Crippen LogP contribution < -0.4 is 0 Å². The minimum Gasteiger partial charge on any atom is -0.481 e. The van der Waals surface area contributed by atoms with Crippen molar-refractivity contribution in [3.8, 4) is 0 Å². The van der Waals surface area contributed by atoms with Gasteiger partial charge in [-0.05, 0) is 23.3 Å². The number of carbonyl (C=O) groups excluding carboxylic acids is 3. The topological polar surface area (TPSA) is 229 Å². The standard InChI is InChI=1S/C11H9NO3.C10H9NO2.CO2.H2O2.H2O/c13-10(11(14)15)5-7-6-12-9-4-2-1-3-8(7)9;12-10(13)5-7-6-11-9-4-2-1-3-8(7)9;2-1-3;1-2;/h1-4,6,12H,5H2,(H,14,15);1-4,6,11H,5H2,(H,12,13);;1-2H;1H2. The fourth-order valence-electron chi connectivity index (χ4n) is 2.97. The number of nitrogens with one attached hydrogen (secondary N) is 2. The summed E-state index contributed by atoms with van der Waals surface area (Å²) in [5.41, 5.74) is 3.45. The lowest BCUT2D eigenvalue weighted by atomic mass is 10.1. The van der Waals surface area contributed by atoms with E-state index in [0.29, 0.717) is 0 Å². The van der Waals surface area contributed by atoms with E-state index in [4.69, 9.17) is 30.3 Å². The molecule has 4 rings (SSSR count). The number of para-hydroxylation sites is 2. The van der Waals surface area contributed by atoms with Crippen LogP contribution in [0, 0.1) is 0 Å². The highest BCUT2D eigenvalue weighted by Crippen LogP contribution is 2.18. The van der Waals surface area contributed by atoms with Gasteiger partial charge in [-0.3, -0.25) is 20.1 Å². The number of rotatable bonds is 5. The molecule has 12 heteroatoms. The summed E-state index contributed by atoms with van der Waals surface area (Å²) < 4.78 is 0. The van der Waals surface area contributed by atoms with Gasteiger partial charge in [0.15, 0.2) is 0 Å². The molecule has 2 aromatic heterocycles.